The number of carbonyl (C=O) groups excluding carboxylic acids is 1. The highest BCUT2D eigenvalue weighted by Gasteiger charge is 2.50. The van der Waals surface area contributed by atoms with Gasteiger partial charge in [-0.25, -0.2) is 0 Å². The van der Waals surface area contributed by atoms with Gasteiger partial charge in [0.2, 0.25) is 10.3 Å². The topological polar surface area (TPSA) is 83.8 Å². The lowest BCUT2D eigenvalue weighted by atomic mass is 9.78. The fraction of sp³-hybridized carbons (Fsp3) is 0.214. The summed E-state index contributed by atoms with van der Waals surface area (Å²) in [6.07, 6.45) is 2.27. The largest absolute Gasteiger partial charge is 0.411 e. The minimum atomic E-state index is -2.58. The van der Waals surface area contributed by atoms with Crippen LogP contribution in [-0.4, -0.2) is 41.2 Å². The van der Waals surface area contributed by atoms with E-state index in [0.717, 1.165) is 17.1 Å². The van der Waals surface area contributed by atoms with E-state index in [9.17, 15) is 13.2 Å². The summed E-state index contributed by atoms with van der Waals surface area (Å²) in [5, 5.41) is 11.4. The molecule has 0 radical (unpaired) electrons. The normalized spacial score (nSPS) is 28.5. The predicted octanol–water partition coefficient (Wildman–Crippen LogP) is 2.01. The monoisotopic (exact) mass is 359 g/mol. The van der Waals surface area contributed by atoms with Gasteiger partial charge in [0, 0.05) is 11.5 Å². The van der Waals surface area contributed by atoms with Gasteiger partial charge in [0.15, 0.2) is 10.7 Å². The second-order valence-electron chi connectivity index (χ2n) is 4.68. The van der Waals surface area contributed by atoms with Gasteiger partial charge in [0.1, 0.15) is 0 Å². The molecule has 3 atom stereocenters. The number of rotatable bonds is 3. The molecule has 0 saturated carbocycles. The average molecular weight is 360 g/mol. The molecule has 8 heteroatoms. The molecule has 1 aliphatic carbocycles. The van der Waals surface area contributed by atoms with Gasteiger partial charge in [0.05, 0.1) is 17.0 Å². The molecule has 0 aromatic heterocycles. The fourth-order valence-corrected chi connectivity index (χ4v) is 3.37. The molecule has 5 nitrogen and oxygen atoms in total. The molecule has 1 aliphatic rings. The highest BCUT2D eigenvalue weighted by Crippen LogP contribution is 2.41. The Morgan fingerprint density at radius 2 is 1.91 bits per heavy atom. The smallest absolute Gasteiger partial charge is 0.214 e. The maximum Gasteiger partial charge on any atom is 0.214 e. The lowest BCUT2D eigenvalue weighted by Gasteiger charge is -2.35. The summed E-state index contributed by atoms with van der Waals surface area (Å²) in [7, 11) is -2.58. The van der Waals surface area contributed by atoms with Crippen LogP contribution in [-0.2, 0) is 15.1 Å². The highest BCUT2D eigenvalue weighted by atomic mass is 35.5. The third kappa shape index (κ3) is 3.09. The van der Waals surface area contributed by atoms with Gasteiger partial charge in [-0.15, -0.1) is 23.2 Å². The van der Waals surface area contributed by atoms with E-state index in [2.05, 4.69) is 5.16 Å². The highest BCUT2D eigenvalue weighted by molar-refractivity contribution is 7.72. The number of benzene rings is 1. The van der Waals surface area contributed by atoms with Gasteiger partial charge in [-0.2, -0.15) is 8.42 Å². The van der Waals surface area contributed by atoms with Crippen LogP contribution in [0.4, 0.5) is 0 Å². The second-order valence-corrected chi connectivity index (χ2v) is 6.53. The van der Waals surface area contributed by atoms with Crippen molar-refractivity contribution in [2.75, 3.05) is 0 Å². The van der Waals surface area contributed by atoms with Crippen molar-refractivity contribution >= 4 is 50.9 Å². The van der Waals surface area contributed by atoms with E-state index in [1.54, 1.807) is 24.3 Å². The first-order valence-electron chi connectivity index (χ1n) is 6.16. The fourth-order valence-electron chi connectivity index (χ4n) is 2.31. The van der Waals surface area contributed by atoms with E-state index in [1.807, 2.05) is 6.07 Å². The summed E-state index contributed by atoms with van der Waals surface area (Å²) < 4.78 is 21.8. The molecular weight excluding hydrogens is 349 g/mol. The Morgan fingerprint density at radius 3 is 2.45 bits per heavy atom. The van der Waals surface area contributed by atoms with Crippen molar-refractivity contribution in [1.29, 1.82) is 0 Å². The zero-order chi connectivity index (χ0) is 16.3. The summed E-state index contributed by atoms with van der Waals surface area (Å²) in [5.41, 5.74) is 0.655. The van der Waals surface area contributed by atoms with E-state index >= 15 is 0 Å². The maximum absolute atomic E-state index is 12.4. The van der Waals surface area contributed by atoms with Gasteiger partial charge in [-0.3, -0.25) is 4.79 Å². The Hall–Kier alpha value is -1.63. The van der Waals surface area contributed by atoms with Crippen LogP contribution in [0.3, 0.4) is 0 Å². The van der Waals surface area contributed by atoms with Crippen LogP contribution >= 0.6 is 23.2 Å². The van der Waals surface area contributed by atoms with Crippen LogP contribution in [0.5, 0.6) is 0 Å². The van der Waals surface area contributed by atoms with Crippen molar-refractivity contribution in [1.82, 2.24) is 0 Å². The van der Waals surface area contributed by atoms with E-state index in [-0.39, 0.29) is 5.57 Å². The van der Waals surface area contributed by atoms with Gasteiger partial charge in [-0.05, 0) is 5.56 Å². The molecule has 0 amide bonds. The standard InChI is InChI=1S/C14H11Cl2NO4S/c15-12-11(9-4-2-1-3-5-9)6-10(7-22(20)21)13(18)14(12,16)8-17-19/h1-8,11-12,19H. The van der Waals surface area contributed by atoms with E-state index in [4.69, 9.17) is 28.4 Å². The van der Waals surface area contributed by atoms with Gasteiger partial charge in [0.25, 0.3) is 0 Å². The van der Waals surface area contributed by atoms with Crippen molar-refractivity contribution in [3.8, 4) is 0 Å². The van der Waals surface area contributed by atoms with Gasteiger partial charge < -0.3 is 5.21 Å². The molecule has 0 saturated heterocycles. The Bertz CT molecular complexity index is 765. The zero-order valence-corrected chi connectivity index (χ0v) is 13.4. The summed E-state index contributed by atoms with van der Waals surface area (Å²) >= 11 is 12.6. The lowest BCUT2D eigenvalue weighted by Crippen LogP contribution is -2.49. The van der Waals surface area contributed by atoms with Crippen molar-refractivity contribution in [3.05, 3.63) is 47.5 Å². The average Bonchev–Trinajstić information content (AvgIpc) is 2.49. The van der Waals surface area contributed by atoms with Gasteiger partial charge in [-0.1, -0.05) is 41.6 Å². The number of hydrogen-bond donors (Lipinski definition) is 1. The molecular formula is C14H11Cl2NO4S. The summed E-state index contributed by atoms with van der Waals surface area (Å²) in [5.74, 6) is -1.26. The van der Waals surface area contributed by atoms with E-state index in [0.29, 0.717) is 0 Å². The number of allylic oxidation sites excluding steroid dienone is 2. The van der Waals surface area contributed by atoms with Crippen LogP contribution in [0, 0.1) is 0 Å². The molecule has 0 fully saturated rings. The van der Waals surface area contributed by atoms with E-state index < -0.39 is 32.2 Å². The summed E-state index contributed by atoms with van der Waals surface area (Å²) in [4.78, 5) is 10.5. The molecule has 0 aliphatic heterocycles. The Labute approximate surface area is 138 Å². The minimum Gasteiger partial charge on any atom is -0.411 e. The number of halogens is 2. The number of ketones is 1. The predicted molar refractivity (Wildman–Crippen MR) is 85.8 cm³/mol. The Morgan fingerprint density at radius 1 is 1.27 bits per heavy atom. The summed E-state index contributed by atoms with van der Waals surface area (Å²) in [6, 6.07) is 8.95. The van der Waals surface area contributed by atoms with Crippen LogP contribution in [0.1, 0.15) is 11.5 Å². The Balaban J connectivity index is 2.65. The summed E-state index contributed by atoms with van der Waals surface area (Å²) in [6.45, 7) is 0. The Kier molecular flexibility index (Phi) is 5.05. The van der Waals surface area contributed by atoms with Gasteiger partial charge >= 0.3 is 0 Å². The van der Waals surface area contributed by atoms with Crippen LogP contribution in [0.25, 0.3) is 0 Å². The molecule has 3 unspecified atom stereocenters. The molecule has 1 aromatic rings. The quantitative estimate of drug-likeness (QED) is 0.294. The minimum absolute atomic E-state index is 0.103. The first-order chi connectivity index (χ1) is 10.4. The zero-order valence-electron chi connectivity index (χ0n) is 11.1. The molecule has 2 rings (SSSR count). The molecule has 116 valence electrons. The van der Waals surface area contributed by atoms with E-state index in [1.165, 1.54) is 6.08 Å². The second kappa shape index (κ2) is 6.64. The van der Waals surface area contributed by atoms with Crippen molar-refractivity contribution in [2.45, 2.75) is 16.2 Å². The third-order valence-electron chi connectivity index (χ3n) is 3.34. The van der Waals surface area contributed by atoms with Crippen molar-refractivity contribution in [3.63, 3.8) is 0 Å². The number of alkyl halides is 2. The number of carbonyl (C=O) groups is 1. The number of oxime groups is 1. The van der Waals surface area contributed by atoms with Crippen molar-refractivity contribution < 1.29 is 18.4 Å². The van der Waals surface area contributed by atoms with Crippen LogP contribution in [0.2, 0.25) is 0 Å². The molecule has 1 N–H and O–H groups in total. The molecule has 1 aromatic carbocycles. The molecule has 22 heavy (non-hydrogen) atoms. The third-order valence-corrected chi connectivity index (χ3v) is 5.02. The lowest BCUT2D eigenvalue weighted by molar-refractivity contribution is -0.116. The molecule has 0 spiro atoms. The first kappa shape index (κ1) is 16.7. The maximum atomic E-state index is 12.4. The van der Waals surface area contributed by atoms with Crippen LogP contribution in [0.15, 0.2) is 47.1 Å². The number of Topliss-reactive ketones (excluding diaryl/α,β-unsaturated/α-hetero) is 1. The van der Waals surface area contributed by atoms with Crippen LogP contribution < -0.4 is 0 Å². The number of nitrogens with zero attached hydrogens (tertiary/aromatic N) is 1. The van der Waals surface area contributed by atoms with Crippen molar-refractivity contribution in [2.24, 2.45) is 5.16 Å². The molecule has 0 bridgehead atoms. The number of hydrogen-bond acceptors (Lipinski definition) is 5. The first-order valence-corrected chi connectivity index (χ1v) is 8.11. The molecule has 0 heterocycles. The SMILES string of the molecule is O=C1C(C=S(=O)=O)=CC(c2ccccc2)C(Cl)C1(Cl)C=NO.